The molecule has 0 aliphatic heterocycles. The lowest BCUT2D eigenvalue weighted by atomic mass is 10.1. The van der Waals surface area contributed by atoms with Crippen LogP contribution >= 0.6 is 15.9 Å². The van der Waals surface area contributed by atoms with Gasteiger partial charge in [0.25, 0.3) is 0 Å². The second-order valence-electron chi connectivity index (χ2n) is 3.29. The lowest BCUT2D eigenvalue weighted by Crippen LogP contribution is -2.26. The molecule has 1 rings (SSSR count). The van der Waals surface area contributed by atoms with E-state index in [1.54, 1.807) is 0 Å². The molecular formula is C10H7BrF4O3. The molecule has 0 aromatic heterocycles. The van der Waals surface area contributed by atoms with E-state index in [4.69, 9.17) is 5.11 Å². The quantitative estimate of drug-likeness (QED) is 0.862. The third kappa shape index (κ3) is 3.95. The Morgan fingerprint density at radius 3 is 2.56 bits per heavy atom. The highest BCUT2D eigenvalue weighted by Gasteiger charge is 2.43. The van der Waals surface area contributed by atoms with Crippen LogP contribution in [0.5, 0.6) is 0 Å². The molecule has 0 aliphatic rings. The van der Waals surface area contributed by atoms with Crippen LogP contribution < -0.4 is 0 Å². The van der Waals surface area contributed by atoms with Crippen molar-refractivity contribution in [2.24, 2.45) is 0 Å². The molecule has 0 heterocycles. The standard InChI is InChI=1S/C10H7BrF4O3/c11-5-1-2-7(12)6(3-5)9(10(13,14)15)18-4-8(16)17/h1-3,9H,4H2,(H,16,17). The van der Waals surface area contributed by atoms with Crippen LogP contribution in [0.4, 0.5) is 17.6 Å². The van der Waals surface area contributed by atoms with Gasteiger partial charge >= 0.3 is 12.1 Å². The fraction of sp³-hybridized carbons (Fsp3) is 0.300. The Kier molecular flexibility index (Phi) is 4.69. The molecular weight excluding hydrogens is 324 g/mol. The summed E-state index contributed by atoms with van der Waals surface area (Å²) in [7, 11) is 0. The number of alkyl halides is 3. The highest BCUT2D eigenvalue weighted by atomic mass is 79.9. The topological polar surface area (TPSA) is 46.5 Å². The molecule has 0 aliphatic carbocycles. The summed E-state index contributed by atoms with van der Waals surface area (Å²) >= 11 is 2.91. The van der Waals surface area contributed by atoms with Crippen LogP contribution in [0.1, 0.15) is 11.7 Å². The normalized spacial score (nSPS) is 13.4. The summed E-state index contributed by atoms with van der Waals surface area (Å²) in [6.07, 6.45) is -7.53. The predicted molar refractivity (Wildman–Crippen MR) is 56.5 cm³/mol. The summed E-state index contributed by atoms with van der Waals surface area (Å²) in [6.45, 7) is -1.17. The molecule has 0 saturated heterocycles. The van der Waals surface area contributed by atoms with Gasteiger partial charge in [-0.1, -0.05) is 15.9 Å². The number of rotatable bonds is 4. The van der Waals surface area contributed by atoms with Crippen LogP contribution in [0, 0.1) is 5.82 Å². The van der Waals surface area contributed by atoms with Crippen molar-refractivity contribution in [1.82, 2.24) is 0 Å². The molecule has 0 radical (unpaired) electrons. The third-order valence-corrected chi connectivity index (χ3v) is 2.40. The first-order valence-corrected chi connectivity index (χ1v) is 5.36. The largest absolute Gasteiger partial charge is 0.480 e. The average Bonchev–Trinajstić information content (AvgIpc) is 2.21. The first-order valence-electron chi connectivity index (χ1n) is 4.57. The second kappa shape index (κ2) is 5.66. The van der Waals surface area contributed by atoms with Crippen molar-refractivity contribution >= 4 is 21.9 Å². The van der Waals surface area contributed by atoms with Gasteiger partial charge < -0.3 is 9.84 Å². The van der Waals surface area contributed by atoms with Crippen LogP contribution in [0.25, 0.3) is 0 Å². The summed E-state index contributed by atoms with van der Waals surface area (Å²) in [5.41, 5.74) is -0.766. The molecule has 0 spiro atoms. The zero-order valence-electron chi connectivity index (χ0n) is 8.67. The number of carbonyl (C=O) groups is 1. The molecule has 100 valence electrons. The van der Waals surface area contributed by atoms with Crippen molar-refractivity contribution in [3.8, 4) is 0 Å². The molecule has 1 aromatic rings. The zero-order chi connectivity index (χ0) is 13.9. The minimum atomic E-state index is -4.91. The molecule has 0 fully saturated rings. The smallest absolute Gasteiger partial charge is 0.418 e. The number of halogens is 5. The summed E-state index contributed by atoms with van der Waals surface area (Å²) in [6, 6.07) is 2.96. The molecule has 0 bridgehead atoms. The summed E-state index contributed by atoms with van der Waals surface area (Å²) in [4.78, 5) is 10.2. The van der Waals surface area contributed by atoms with Gasteiger partial charge in [0.2, 0.25) is 0 Å². The number of carboxylic acids is 1. The SMILES string of the molecule is O=C(O)COC(c1cc(Br)ccc1F)C(F)(F)F. The predicted octanol–water partition coefficient (Wildman–Crippen LogP) is 3.29. The van der Waals surface area contributed by atoms with E-state index in [0.717, 1.165) is 12.1 Å². The Morgan fingerprint density at radius 1 is 1.44 bits per heavy atom. The minimum Gasteiger partial charge on any atom is -0.480 e. The van der Waals surface area contributed by atoms with Gasteiger partial charge in [0.1, 0.15) is 12.4 Å². The van der Waals surface area contributed by atoms with Crippen molar-refractivity contribution in [3.05, 3.63) is 34.1 Å². The van der Waals surface area contributed by atoms with Gasteiger partial charge in [-0.25, -0.2) is 9.18 Å². The Balaban J connectivity index is 3.09. The van der Waals surface area contributed by atoms with E-state index >= 15 is 0 Å². The van der Waals surface area contributed by atoms with Gasteiger partial charge in [0.05, 0.1) is 0 Å². The fourth-order valence-electron chi connectivity index (χ4n) is 1.23. The van der Waals surface area contributed by atoms with Crippen LogP contribution in [0.3, 0.4) is 0 Å². The Bertz CT molecular complexity index is 447. The number of aliphatic carboxylic acids is 1. The number of ether oxygens (including phenoxy) is 1. The zero-order valence-corrected chi connectivity index (χ0v) is 10.3. The van der Waals surface area contributed by atoms with Crippen molar-refractivity contribution in [2.45, 2.75) is 12.3 Å². The molecule has 1 atom stereocenters. The van der Waals surface area contributed by atoms with Crippen LogP contribution in [-0.2, 0) is 9.53 Å². The highest BCUT2D eigenvalue weighted by molar-refractivity contribution is 9.10. The molecule has 0 amide bonds. The van der Waals surface area contributed by atoms with Crippen LogP contribution in [0.2, 0.25) is 0 Å². The number of hydrogen-bond acceptors (Lipinski definition) is 2. The molecule has 3 nitrogen and oxygen atoms in total. The lowest BCUT2D eigenvalue weighted by Gasteiger charge is -2.21. The molecule has 1 aromatic carbocycles. The minimum absolute atomic E-state index is 0.229. The molecule has 1 N–H and O–H groups in total. The average molecular weight is 331 g/mol. The van der Waals surface area contributed by atoms with Gasteiger partial charge in [0, 0.05) is 10.0 Å². The van der Waals surface area contributed by atoms with Gasteiger partial charge in [-0.05, 0) is 18.2 Å². The lowest BCUT2D eigenvalue weighted by molar-refractivity contribution is -0.225. The number of benzene rings is 1. The summed E-state index contributed by atoms with van der Waals surface area (Å²) < 4.78 is 55.8. The Hall–Kier alpha value is -1.15. The molecule has 0 saturated carbocycles. The van der Waals surface area contributed by atoms with Crippen LogP contribution in [0.15, 0.2) is 22.7 Å². The van der Waals surface area contributed by atoms with Crippen LogP contribution in [-0.4, -0.2) is 23.9 Å². The highest BCUT2D eigenvalue weighted by Crippen LogP contribution is 2.37. The van der Waals surface area contributed by atoms with E-state index in [-0.39, 0.29) is 4.47 Å². The van der Waals surface area contributed by atoms with E-state index in [2.05, 4.69) is 20.7 Å². The Labute approximate surface area is 107 Å². The maximum atomic E-state index is 13.3. The van der Waals surface area contributed by atoms with Crippen molar-refractivity contribution in [2.75, 3.05) is 6.61 Å². The number of carboxylic acid groups (broad SMARTS) is 1. The van der Waals surface area contributed by atoms with E-state index in [9.17, 15) is 22.4 Å². The maximum Gasteiger partial charge on any atom is 0.418 e. The van der Waals surface area contributed by atoms with Gasteiger partial charge in [0.15, 0.2) is 6.10 Å². The second-order valence-corrected chi connectivity index (χ2v) is 4.21. The number of hydrogen-bond donors (Lipinski definition) is 1. The third-order valence-electron chi connectivity index (χ3n) is 1.91. The van der Waals surface area contributed by atoms with Gasteiger partial charge in [-0.2, -0.15) is 13.2 Å². The van der Waals surface area contributed by atoms with E-state index in [1.165, 1.54) is 6.07 Å². The van der Waals surface area contributed by atoms with Gasteiger partial charge in [-0.15, -0.1) is 0 Å². The first kappa shape index (κ1) is 14.9. The first-order chi connectivity index (χ1) is 8.21. The van der Waals surface area contributed by atoms with Crippen molar-refractivity contribution in [3.63, 3.8) is 0 Å². The van der Waals surface area contributed by atoms with Crippen molar-refractivity contribution < 1.29 is 32.2 Å². The van der Waals surface area contributed by atoms with Gasteiger partial charge in [-0.3, -0.25) is 0 Å². The van der Waals surface area contributed by atoms with E-state index in [1.807, 2.05) is 0 Å². The molecule has 1 unspecified atom stereocenters. The fourth-order valence-corrected chi connectivity index (χ4v) is 1.61. The summed E-state index contributed by atoms with van der Waals surface area (Å²) in [5.74, 6) is -2.69. The summed E-state index contributed by atoms with van der Waals surface area (Å²) in [5, 5.41) is 8.30. The van der Waals surface area contributed by atoms with E-state index in [0.29, 0.717) is 0 Å². The Morgan fingerprint density at radius 2 is 2.06 bits per heavy atom. The van der Waals surface area contributed by atoms with Crippen molar-refractivity contribution in [1.29, 1.82) is 0 Å². The monoisotopic (exact) mass is 330 g/mol. The maximum absolute atomic E-state index is 13.3. The van der Waals surface area contributed by atoms with E-state index < -0.39 is 36.2 Å². The molecule has 18 heavy (non-hydrogen) atoms. The molecule has 8 heteroatoms.